The number of hydrogen-bond acceptors (Lipinski definition) is 4. The molecule has 1 aromatic heterocycles. The second-order valence-electron chi connectivity index (χ2n) is 6.98. The van der Waals surface area contributed by atoms with Gasteiger partial charge in [-0.15, -0.1) is 0 Å². The molecule has 1 aromatic carbocycles. The quantitative estimate of drug-likeness (QED) is 0.562. The smallest absolute Gasteiger partial charge is 0.224 e. The fourth-order valence-electron chi connectivity index (χ4n) is 3.03. The molecule has 2 aromatic rings. The van der Waals surface area contributed by atoms with E-state index in [0.29, 0.717) is 30.7 Å². The molecule has 1 unspecified atom stereocenters. The van der Waals surface area contributed by atoms with E-state index < -0.39 is 0 Å². The summed E-state index contributed by atoms with van der Waals surface area (Å²) in [6.45, 7) is 6.77. The summed E-state index contributed by atoms with van der Waals surface area (Å²) < 4.78 is 25.0. The topological polar surface area (TPSA) is 67.8 Å². The number of nitrogens with zero attached hydrogens (tertiary/aromatic N) is 2. The molecule has 0 aliphatic carbocycles. The van der Waals surface area contributed by atoms with Gasteiger partial charge >= 0.3 is 0 Å². The Kier molecular flexibility index (Phi) is 6.81. The molecule has 0 spiro atoms. The van der Waals surface area contributed by atoms with Gasteiger partial charge in [0.05, 0.1) is 12.1 Å². The predicted molar refractivity (Wildman–Crippen MR) is 107 cm³/mol. The molecule has 0 amide bonds. The number of guanidine groups is 1. The first kappa shape index (κ1) is 20.1. The maximum Gasteiger partial charge on any atom is 0.224 e. The standard InChI is InChI=1S/C21H27FN4O2/c1-3-23-20(26-15-21(2)10-6-12-27-21)25-14-16-7-5-11-24-19(16)28-18-9-4-8-17(22)13-18/h4-5,7-9,11,13H,3,6,10,12,14-15H2,1-2H3,(H2,23,25,26). The van der Waals surface area contributed by atoms with Gasteiger partial charge in [0.15, 0.2) is 5.96 Å². The Bertz CT molecular complexity index is 806. The lowest BCUT2D eigenvalue weighted by molar-refractivity contribution is 0.0243. The third kappa shape index (κ3) is 5.66. The van der Waals surface area contributed by atoms with Gasteiger partial charge < -0.3 is 20.1 Å². The minimum Gasteiger partial charge on any atom is -0.439 e. The first-order valence-electron chi connectivity index (χ1n) is 9.61. The maximum absolute atomic E-state index is 13.4. The Balaban J connectivity index is 1.68. The summed E-state index contributed by atoms with van der Waals surface area (Å²) in [4.78, 5) is 8.91. The normalized spacial score (nSPS) is 19.5. The fourth-order valence-corrected chi connectivity index (χ4v) is 3.03. The molecule has 3 rings (SSSR count). The van der Waals surface area contributed by atoms with Crippen LogP contribution >= 0.6 is 0 Å². The summed E-state index contributed by atoms with van der Waals surface area (Å²) in [7, 11) is 0. The summed E-state index contributed by atoms with van der Waals surface area (Å²) in [5.41, 5.74) is 0.656. The van der Waals surface area contributed by atoms with Crippen LogP contribution < -0.4 is 15.4 Å². The first-order valence-corrected chi connectivity index (χ1v) is 9.61. The van der Waals surface area contributed by atoms with Crippen molar-refractivity contribution in [2.24, 2.45) is 4.99 Å². The number of benzene rings is 1. The summed E-state index contributed by atoms with van der Waals surface area (Å²) in [5.74, 6) is 1.17. The van der Waals surface area contributed by atoms with Crippen LogP contribution in [0.1, 0.15) is 32.3 Å². The predicted octanol–water partition coefficient (Wildman–Crippen LogP) is 3.64. The Hall–Kier alpha value is -2.67. The van der Waals surface area contributed by atoms with Crippen molar-refractivity contribution in [3.05, 3.63) is 54.0 Å². The fraction of sp³-hybridized carbons (Fsp3) is 0.429. The van der Waals surface area contributed by atoms with E-state index >= 15 is 0 Å². The number of pyridine rings is 1. The summed E-state index contributed by atoms with van der Waals surface area (Å²) >= 11 is 0. The third-order valence-corrected chi connectivity index (χ3v) is 4.54. The number of hydrogen-bond donors (Lipinski definition) is 2. The maximum atomic E-state index is 13.4. The molecule has 28 heavy (non-hydrogen) atoms. The van der Waals surface area contributed by atoms with Crippen molar-refractivity contribution in [1.82, 2.24) is 15.6 Å². The van der Waals surface area contributed by atoms with E-state index in [2.05, 4.69) is 27.5 Å². The number of rotatable bonds is 7. The summed E-state index contributed by atoms with van der Waals surface area (Å²) in [6.07, 6.45) is 3.76. The largest absolute Gasteiger partial charge is 0.439 e. The van der Waals surface area contributed by atoms with Gasteiger partial charge in [-0.05, 0) is 44.9 Å². The van der Waals surface area contributed by atoms with Crippen molar-refractivity contribution in [1.29, 1.82) is 0 Å². The molecule has 150 valence electrons. The molecule has 7 heteroatoms. The molecule has 0 saturated carbocycles. The highest BCUT2D eigenvalue weighted by molar-refractivity contribution is 5.79. The minimum atomic E-state index is -0.353. The van der Waals surface area contributed by atoms with Gasteiger partial charge in [-0.3, -0.25) is 0 Å². The van der Waals surface area contributed by atoms with Gasteiger partial charge in [-0.25, -0.2) is 14.4 Å². The van der Waals surface area contributed by atoms with Crippen LogP contribution in [0.25, 0.3) is 0 Å². The monoisotopic (exact) mass is 386 g/mol. The number of aliphatic imine (C=N–C) groups is 1. The van der Waals surface area contributed by atoms with Crippen molar-refractivity contribution in [2.45, 2.75) is 38.8 Å². The van der Waals surface area contributed by atoms with E-state index in [-0.39, 0.29) is 11.4 Å². The van der Waals surface area contributed by atoms with Crippen LogP contribution in [0.3, 0.4) is 0 Å². The Morgan fingerprint density at radius 1 is 1.32 bits per heavy atom. The van der Waals surface area contributed by atoms with E-state index in [0.717, 1.165) is 31.6 Å². The molecule has 1 aliphatic rings. The molecule has 1 aliphatic heterocycles. The Labute approximate surface area is 165 Å². The van der Waals surface area contributed by atoms with Crippen molar-refractivity contribution >= 4 is 5.96 Å². The van der Waals surface area contributed by atoms with Gasteiger partial charge in [0.25, 0.3) is 0 Å². The number of aromatic nitrogens is 1. The number of nitrogens with one attached hydrogen (secondary N) is 2. The van der Waals surface area contributed by atoms with E-state index in [1.54, 1.807) is 18.3 Å². The molecular formula is C21H27FN4O2. The average Bonchev–Trinajstić information content (AvgIpc) is 3.12. The molecule has 1 saturated heterocycles. The van der Waals surface area contributed by atoms with E-state index in [9.17, 15) is 4.39 Å². The second kappa shape index (κ2) is 9.50. The SMILES string of the molecule is CCNC(=NCc1cccnc1Oc1cccc(F)c1)NCC1(C)CCCO1. The van der Waals surface area contributed by atoms with Gasteiger partial charge in [-0.1, -0.05) is 12.1 Å². The van der Waals surface area contributed by atoms with Crippen LogP contribution in [0.2, 0.25) is 0 Å². The van der Waals surface area contributed by atoms with Crippen molar-refractivity contribution < 1.29 is 13.9 Å². The lowest BCUT2D eigenvalue weighted by Gasteiger charge is -2.24. The summed E-state index contributed by atoms with van der Waals surface area (Å²) in [5, 5.41) is 6.60. The van der Waals surface area contributed by atoms with Crippen LogP contribution in [-0.4, -0.2) is 36.2 Å². The zero-order valence-electron chi connectivity index (χ0n) is 16.4. The third-order valence-electron chi connectivity index (χ3n) is 4.54. The molecule has 0 radical (unpaired) electrons. The lowest BCUT2D eigenvalue weighted by Crippen LogP contribution is -2.45. The van der Waals surface area contributed by atoms with Crippen molar-refractivity contribution in [3.63, 3.8) is 0 Å². The second-order valence-corrected chi connectivity index (χ2v) is 6.98. The van der Waals surface area contributed by atoms with Crippen molar-refractivity contribution in [3.8, 4) is 11.6 Å². The van der Waals surface area contributed by atoms with Crippen LogP contribution in [0, 0.1) is 5.82 Å². The highest BCUT2D eigenvalue weighted by Gasteiger charge is 2.29. The molecule has 2 N–H and O–H groups in total. The average molecular weight is 386 g/mol. The Morgan fingerprint density at radius 3 is 2.96 bits per heavy atom. The molecular weight excluding hydrogens is 359 g/mol. The van der Waals surface area contributed by atoms with E-state index in [1.807, 2.05) is 19.1 Å². The van der Waals surface area contributed by atoms with Crippen LogP contribution in [0.5, 0.6) is 11.6 Å². The van der Waals surface area contributed by atoms with Gasteiger partial charge in [0.1, 0.15) is 11.6 Å². The van der Waals surface area contributed by atoms with E-state index in [1.165, 1.54) is 12.1 Å². The minimum absolute atomic E-state index is 0.157. The molecule has 0 bridgehead atoms. The first-order chi connectivity index (χ1) is 13.6. The summed E-state index contributed by atoms with van der Waals surface area (Å²) in [6, 6.07) is 9.73. The number of halogens is 1. The van der Waals surface area contributed by atoms with Gasteiger partial charge in [0, 0.05) is 37.5 Å². The highest BCUT2D eigenvalue weighted by atomic mass is 19.1. The molecule has 1 fully saturated rings. The molecule has 2 heterocycles. The van der Waals surface area contributed by atoms with Gasteiger partial charge in [0.2, 0.25) is 5.88 Å². The zero-order chi connectivity index (χ0) is 19.8. The molecule has 1 atom stereocenters. The van der Waals surface area contributed by atoms with Crippen LogP contribution in [0.15, 0.2) is 47.6 Å². The van der Waals surface area contributed by atoms with Crippen molar-refractivity contribution in [2.75, 3.05) is 19.7 Å². The van der Waals surface area contributed by atoms with Crippen LogP contribution in [0.4, 0.5) is 4.39 Å². The number of ether oxygens (including phenoxy) is 2. The zero-order valence-corrected chi connectivity index (χ0v) is 16.4. The highest BCUT2D eigenvalue weighted by Crippen LogP contribution is 2.25. The lowest BCUT2D eigenvalue weighted by atomic mass is 10.0. The van der Waals surface area contributed by atoms with E-state index in [4.69, 9.17) is 9.47 Å². The molecule has 6 nitrogen and oxygen atoms in total. The van der Waals surface area contributed by atoms with Gasteiger partial charge in [-0.2, -0.15) is 0 Å². The Morgan fingerprint density at radius 2 is 2.21 bits per heavy atom. The van der Waals surface area contributed by atoms with Crippen LogP contribution in [-0.2, 0) is 11.3 Å².